The summed E-state index contributed by atoms with van der Waals surface area (Å²) in [6.45, 7) is 10.4. The van der Waals surface area contributed by atoms with E-state index in [0.717, 1.165) is 25.6 Å². The molecule has 4 heteroatoms. The number of rotatable bonds is 8. The van der Waals surface area contributed by atoms with Crippen molar-refractivity contribution in [3.63, 3.8) is 0 Å². The summed E-state index contributed by atoms with van der Waals surface area (Å²) >= 11 is 0. The topological polar surface area (TPSA) is 38.7 Å². The third-order valence-corrected chi connectivity index (χ3v) is 3.86. The van der Waals surface area contributed by atoms with Gasteiger partial charge in [-0.15, -0.1) is 0 Å². The van der Waals surface area contributed by atoms with Crippen LogP contribution >= 0.6 is 0 Å². The number of aliphatic hydroxyl groups excluding tert-OH is 1. The van der Waals surface area contributed by atoms with Crippen LogP contribution in [0.3, 0.4) is 0 Å². The fourth-order valence-corrected chi connectivity index (χ4v) is 2.72. The Morgan fingerprint density at radius 2 is 1.89 bits per heavy atom. The van der Waals surface area contributed by atoms with Gasteiger partial charge >= 0.3 is 0 Å². The molecule has 1 heterocycles. The van der Waals surface area contributed by atoms with Crippen LogP contribution in [-0.4, -0.2) is 74.4 Å². The van der Waals surface area contributed by atoms with E-state index in [4.69, 9.17) is 0 Å². The van der Waals surface area contributed by atoms with E-state index in [9.17, 15) is 5.11 Å². The fourth-order valence-electron chi connectivity index (χ4n) is 2.72. The Labute approximate surface area is 119 Å². The van der Waals surface area contributed by atoms with Crippen LogP contribution in [0, 0.1) is 11.8 Å². The summed E-state index contributed by atoms with van der Waals surface area (Å²) in [7, 11) is 4.33. The third kappa shape index (κ3) is 7.88. The van der Waals surface area contributed by atoms with Gasteiger partial charge in [-0.2, -0.15) is 0 Å². The van der Waals surface area contributed by atoms with Crippen LogP contribution in [0.1, 0.15) is 26.7 Å². The lowest BCUT2D eigenvalue weighted by Gasteiger charge is -2.32. The molecule has 1 unspecified atom stereocenters. The van der Waals surface area contributed by atoms with Crippen LogP contribution in [-0.2, 0) is 0 Å². The van der Waals surface area contributed by atoms with Gasteiger partial charge in [0.25, 0.3) is 0 Å². The minimum atomic E-state index is -0.255. The van der Waals surface area contributed by atoms with E-state index in [-0.39, 0.29) is 6.10 Å². The molecule has 0 spiro atoms. The van der Waals surface area contributed by atoms with Crippen LogP contribution in [0.15, 0.2) is 0 Å². The summed E-state index contributed by atoms with van der Waals surface area (Å²) in [5.74, 6) is 1.45. The van der Waals surface area contributed by atoms with Crippen molar-refractivity contribution in [3.8, 4) is 0 Å². The first kappa shape index (κ1) is 16.9. The zero-order valence-corrected chi connectivity index (χ0v) is 13.2. The zero-order valence-electron chi connectivity index (χ0n) is 13.2. The molecular weight excluding hydrogens is 238 g/mol. The number of likely N-dealkylation sites (N-methyl/N-ethyl adjacent to an activating group) is 1. The third-order valence-electron chi connectivity index (χ3n) is 3.86. The molecule has 4 nitrogen and oxygen atoms in total. The predicted octanol–water partition coefficient (Wildman–Crippen LogP) is 0.867. The molecular formula is C15H33N3O. The van der Waals surface area contributed by atoms with E-state index in [1.165, 1.54) is 25.9 Å². The van der Waals surface area contributed by atoms with E-state index in [2.05, 4.69) is 43.1 Å². The summed E-state index contributed by atoms with van der Waals surface area (Å²) in [4.78, 5) is 4.69. The molecule has 0 aromatic heterocycles. The van der Waals surface area contributed by atoms with Gasteiger partial charge < -0.3 is 20.2 Å². The van der Waals surface area contributed by atoms with Gasteiger partial charge in [-0.3, -0.25) is 0 Å². The van der Waals surface area contributed by atoms with Crippen LogP contribution in [0.25, 0.3) is 0 Å². The molecule has 0 amide bonds. The van der Waals surface area contributed by atoms with Crippen molar-refractivity contribution in [2.75, 3.05) is 53.4 Å². The smallest absolute Gasteiger partial charge is 0.0791 e. The lowest BCUT2D eigenvalue weighted by Crippen LogP contribution is -2.41. The molecule has 0 saturated carbocycles. The van der Waals surface area contributed by atoms with Crippen molar-refractivity contribution in [2.24, 2.45) is 11.8 Å². The molecule has 1 rings (SSSR count). The van der Waals surface area contributed by atoms with E-state index >= 15 is 0 Å². The first-order valence-corrected chi connectivity index (χ1v) is 7.73. The van der Waals surface area contributed by atoms with Gasteiger partial charge in [0.2, 0.25) is 0 Å². The Kier molecular flexibility index (Phi) is 7.91. The monoisotopic (exact) mass is 271 g/mol. The second-order valence-electron chi connectivity index (χ2n) is 6.67. The summed E-state index contributed by atoms with van der Waals surface area (Å²) in [5.41, 5.74) is 0. The molecule has 1 saturated heterocycles. The quantitative estimate of drug-likeness (QED) is 0.687. The number of likely N-dealkylation sites (tertiary alicyclic amines) is 1. The Balaban J connectivity index is 2.10. The highest BCUT2D eigenvalue weighted by molar-refractivity contribution is 4.74. The summed E-state index contributed by atoms with van der Waals surface area (Å²) < 4.78 is 0. The van der Waals surface area contributed by atoms with Crippen LogP contribution in [0.2, 0.25) is 0 Å². The van der Waals surface area contributed by atoms with Gasteiger partial charge in [0, 0.05) is 19.6 Å². The maximum absolute atomic E-state index is 9.99. The molecule has 114 valence electrons. The molecule has 0 aromatic rings. The number of piperidine rings is 1. The summed E-state index contributed by atoms with van der Waals surface area (Å²) in [6, 6.07) is 0. The maximum atomic E-state index is 9.99. The maximum Gasteiger partial charge on any atom is 0.0791 e. The highest BCUT2D eigenvalue weighted by Crippen LogP contribution is 2.16. The van der Waals surface area contributed by atoms with Gasteiger partial charge in [-0.05, 0) is 58.4 Å². The summed E-state index contributed by atoms with van der Waals surface area (Å²) in [6.07, 6.45) is 2.33. The fraction of sp³-hybridized carbons (Fsp3) is 1.00. The number of hydrogen-bond donors (Lipinski definition) is 2. The van der Waals surface area contributed by atoms with E-state index < -0.39 is 0 Å². The van der Waals surface area contributed by atoms with Crippen molar-refractivity contribution in [3.05, 3.63) is 0 Å². The Morgan fingerprint density at radius 1 is 1.26 bits per heavy atom. The first-order valence-electron chi connectivity index (χ1n) is 7.73. The minimum Gasteiger partial charge on any atom is -0.390 e. The average Bonchev–Trinajstić information content (AvgIpc) is 2.31. The molecule has 1 fully saturated rings. The molecule has 0 aromatic carbocycles. The Hall–Kier alpha value is -0.160. The SMILES string of the molecule is CC(C)CNCC(O)CN(C)CC1CCN(C)CC1. The standard InChI is InChI=1S/C15H33N3O/c1-13(2)9-16-10-15(19)12-18(4)11-14-5-7-17(3)8-6-14/h13-16,19H,5-12H2,1-4H3. The number of nitrogens with one attached hydrogen (secondary N) is 1. The van der Waals surface area contributed by atoms with Crippen molar-refractivity contribution in [1.29, 1.82) is 0 Å². The summed E-state index contributed by atoms with van der Waals surface area (Å²) in [5, 5.41) is 13.3. The van der Waals surface area contributed by atoms with Crippen LogP contribution < -0.4 is 5.32 Å². The van der Waals surface area contributed by atoms with Crippen molar-refractivity contribution < 1.29 is 5.11 Å². The zero-order chi connectivity index (χ0) is 14.3. The second kappa shape index (κ2) is 8.90. The highest BCUT2D eigenvalue weighted by atomic mass is 16.3. The number of nitrogens with zero attached hydrogens (tertiary/aromatic N) is 2. The Bertz CT molecular complexity index is 227. The molecule has 0 aliphatic carbocycles. The number of hydrogen-bond acceptors (Lipinski definition) is 4. The van der Waals surface area contributed by atoms with Gasteiger partial charge in [0.05, 0.1) is 6.10 Å². The largest absolute Gasteiger partial charge is 0.390 e. The minimum absolute atomic E-state index is 0.255. The predicted molar refractivity (Wildman–Crippen MR) is 81.4 cm³/mol. The van der Waals surface area contributed by atoms with Gasteiger partial charge in [-0.25, -0.2) is 0 Å². The van der Waals surface area contributed by atoms with Crippen LogP contribution in [0.4, 0.5) is 0 Å². The van der Waals surface area contributed by atoms with E-state index in [0.29, 0.717) is 12.5 Å². The lowest BCUT2D eigenvalue weighted by molar-refractivity contribution is 0.104. The van der Waals surface area contributed by atoms with Crippen LogP contribution in [0.5, 0.6) is 0 Å². The molecule has 19 heavy (non-hydrogen) atoms. The van der Waals surface area contributed by atoms with E-state index in [1.54, 1.807) is 0 Å². The molecule has 1 aliphatic heterocycles. The first-order chi connectivity index (χ1) is 8.97. The molecule has 1 aliphatic rings. The highest BCUT2D eigenvalue weighted by Gasteiger charge is 2.19. The van der Waals surface area contributed by atoms with E-state index in [1.807, 2.05) is 0 Å². The van der Waals surface area contributed by atoms with Crippen molar-refractivity contribution in [1.82, 2.24) is 15.1 Å². The molecule has 0 bridgehead atoms. The lowest BCUT2D eigenvalue weighted by atomic mass is 9.96. The molecule has 1 atom stereocenters. The van der Waals surface area contributed by atoms with Crippen molar-refractivity contribution >= 4 is 0 Å². The molecule has 2 N–H and O–H groups in total. The molecule has 0 radical (unpaired) electrons. The van der Waals surface area contributed by atoms with Gasteiger partial charge in [0.15, 0.2) is 0 Å². The normalized spacial score (nSPS) is 20.4. The Morgan fingerprint density at radius 3 is 2.47 bits per heavy atom. The van der Waals surface area contributed by atoms with Gasteiger partial charge in [0.1, 0.15) is 0 Å². The van der Waals surface area contributed by atoms with Crippen molar-refractivity contribution in [2.45, 2.75) is 32.8 Å². The average molecular weight is 271 g/mol. The van der Waals surface area contributed by atoms with Gasteiger partial charge in [-0.1, -0.05) is 13.8 Å². The number of aliphatic hydroxyl groups is 1. The second-order valence-corrected chi connectivity index (χ2v) is 6.67.